The molecule has 5 nitrogen and oxygen atoms in total. The normalized spacial score (nSPS) is 17.8. The SMILES string of the molecule is O=C(NCc1ccccc1Cl)[C@@H]1CCCN(c2cnccn2)C1. The fourth-order valence-electron chi connectivity index (χ4n) is 2.82. The largest absolute Gasteiger partial charge is 0.355 e. The summed E-state index contributed by atoms with van der Waals surface area (Å²) in [6, 6.07) is 7.56. The summed E-state index contributed by atoms with van der Waals surface area (Å²) in [6.45, 7) is 2.04. The number of piperidine rings is 1. The standard InChI is InChI=1S/C17H19ClN4O/c18-15-6-2-1-4-13(15)10-21-17(23)14-5-3-9-22(12-14)16-11-19-7-8-20-16/h1-2,4,6-8,11,14H,3,5,9-10,12H2,(H,21,23)/t14-/m1/s1. The van der Waals surface area contributed by atoms with E-state index >= 15 is 0 Å². The van der Waals surface area contributed by atoms with Crippen molar-refractivity contribution in [3.8, 4) is 0 Å². The van der Waals surface area contributed by atoms with Crippen molar-refractivity contribution in [2.75, 3.05) is 18.0 Å². The Hall–Kier alpha value is -2.14. The molecule has 3 rings (SSSR count). The molecule has 2 heterocycles. The molecule has 6 heteroatoms. The predicted molar refractivity (Wildman–Crippen MR) is 90.3 cm³/mol. The lowest BCUT2D eigenvalue weighted by Gasteiger charge is -2.32. The maximum atomic E-state index is 12.4. The van der Waals surface area contributed by atoms with Gasteiger partial charge in [0.05, 0.1) is 12.1 Å². The number of carbonyl (C=O) groups is 1. The third-order valence-corrected chi connectivity index (χ3v) is 4.45. The van der Waals surface area contributed by atoms with Crippen molar-refractivity contribution in [1.82, 2.24) is 15.3 Å². The molecule has 120 valence electrons. The van der Waals surface area contributed by atoms with E-state index in [9.17, 15) is 4.79 Å². The summed E-state index contributed by atoms with van der Waals surface area (Å²) in [6.07, 6.45) is 6.94. The van der Waals surface area contributed by atoms with Crippen LogP contribution in [0.15, 0.2) is 42.9 Å². The molecule has 0 radical (unpaired) electrons. The first-order valence-corrected chi connectivity index (χ1v) is 8.14. The molecule has 1 aliphatic rings. The first kappa shape index (κ1) is 15.7. The number of aromatic nitrogens is 2. The summed E-state index contributed by atoms with van der Waals surface area (Å²) in [5.41, 5.74) is 0.934. The zero-order valence-corrected chi connectivity index (χ0v) is 13.5. The number of halogens is 1. The van der Waals surface area contributed by atoms with E-state index in [0.717, 1.165) is 30.8 Å². The molecule has 1 aliphatic heterocycles. The number of nitrogens with zero attached hydrogens (tertiary/aromatic N) is 3. The van der Waals surface area contributed by atoms with E-state index in [1.54, 1.807) is 18.6 Å². The Bertz CT molecular complexity index is 665. The van der Waals surface area contributed by atoms with Gasteiger partial charge < -0.3 is 10.2 Å². The monoisotopic (exact) mass is 330 g/mol. The molecule has 1 aromatic heterocycles. The molecule has 0 aliphatic carbocycles. The van der Waals surface area contributed by atoms with Gasteiger partial charge in [-0.2, -0.15) is 0 Å². The topological polar surface area (TPSA) is 58.1 Å². The Balaban J connectivity index is 1.58. The third kappa shape index (κ3) is 3.99. The average Bonchev–Trinajstić information content (AvgIpc) is 2.62. The van der Waals surface area contributed by atoms with E-state index in [0.29, 0.717) is 18.1 Å². The van der Waals surface area contributed by atoms with E-state index < -0.39 is 0 Å². The van der Waals surface area contributed by atoms with Crippen LogP contribution in [0.2, 0.25) is 5.02 Å². The average molecular weight is 331 g/mol. The Labute approximate surface area is 140 Å². The molecule has 1 fully saturated rings. The summed E-state index contributed by atoms with van der Waals surface area (Å²) < 4.78 is 0. The highest BCUT2D eigenvalue weighted by molar-refractivity contribution is 6.31. The van der Waals surface area contributed by atoms with E-state index in [1.807, 2.05) is 24.3 Å². The van der Waals surface area contributed by atoms with Crippen molar-refractivity contribution in [1.29, 1.82) is 0 Å². The van der Waals surface area contributed by atoms with Crippen LogP contribution in [0.1, 0.15) is 18.4 Å². The number of anilines is 1. The van der Waals surface area contributed by atoms with Gasteiger partial charge in [-0.1, -0.05) is 29.8 Å². The zero-order chi connectivity index (χ0) is 16.1. The van der Waals surface area contributed by atoms with Crippen molar-refractivity contribution in [2.24, 2.45) is 5.92 Å². The van der Waals surface area contributed by atoms with Crippen LogP contribution in [0.3, 0.4) is 0 Å². The van der Waals surface area contributed by atoms with Crippen molar-refractivity contribution in [2.45, 2.75) is 19.4 Å². The van der Waals surface area contributed by atoms with E-state index in [-0.39, 0.29) is 11.8 Å². The van der Waals surface area contributed by atoms with E-state index in [4.69, 9.17) is 11.6 Å². The van der Waals surface area contributed by atoms with Crippen LogP contribution < -0.4 is 10.2 Å². The molecular formula is C17H19ClN4O. The van der Waals surface area contributed by atoms with Gasteiger partial charge in [0, 0.05) is 37.1 Å². The Morgan fingerprint density at radius 3 is 3.00 bits per heavy atom. The zero-order valence-electron chi connectivity index (χ0n) is 12.8. The van der Waals surface area contributed by atoms with Crippen LogP contribution in [0.25, 0.3) is 0 Å². The molecule has 1 aromatic carbocycles. The van der Waals surface area contributed by atoms with Crippen molar-refractivity contribution in [3.05, 3.63) is 53.4 Å². The number of benzene rings is 1. The van der Waals surface area contributed by atoms with Gasteiger partial charge in [0.15, 0.2) is 0 Å². The van der Waals surface area contributed by atoms with Gasteiger partial charge in [-0.25, -0.2) is 4.98 Å². The van der Waals surface area contributed by atoms with Gasteiger partial charge in [0.1, 0.15) is 5.82 Å². The lowest BCUT2D eigenvalue weighted by Crippen LogP contribution is -2.43. The maximum absolute atomic E-state index is 12.4. The summed E-state index contributed by atoms with van der Waals surface area (Å²) in [5, 5.41) is 3.67. The molecule has 0 bridgehead atoms. The number of amides is 1. The van der Waals surface area contributed by atoms with Gasteiger partial charge in [0.2, 0.25) is 5.91 Å². The molecule has 1 atom stereocenters. The molecule has 1 amide bonds. The molecule has 1 saturated heterocycles. The number of nitrogens with one attached hydrogen (secondary N) is 1. The number of hydrogen-bond donors (Lipinski definition) is 1. The Kier molecular flexibility index (Phi) is 5.08. The number of hydrogen-bond acceptors (Lipinski definition) is 4. The van der Waals surface area contributed by atoms with Crippen LogP contribution in [0, 0.1) is 5.92 Å². The van der Waals surface area contributed by atoms with Gasteiger partial charge in [-0.15, -0.1) is 0 Å². The van der Waals surface area contributed by atoms with E-state index in [2.05, 4.69) is 20.2 Å². The predicted octanol–water partition coefficient (Wildman–Crippen LogP) is 2.66. The summed E-state index contributed by atoms with van der Waals surface area (Å²) in [4.78, 5) is 23.0. The van der Waals surface area contributed by atoms with Crippen LogP contribution in [-0.4, -0.2) is 29.0 Å². The minimum Gasteiger partial charge on any atom is -0.355 e. The quantitative estimate of drug-likeness (QED) is 0.936. The maximum Gasteiger partial charge on any atom is 0.225 e. The number of carbonyl (C=O) groups excluding carboxylic acids is 1. The highest BCUT2D eigenvalue weighted by Crippen LogP contribution is 2.21. The van der Waals surface area contributed by atoms with Crippen LogP contribution in [-0.2, 0) is 11.3 Å². The summed E-state index contributed by atoms with van der Waals surface area (Å²) in [7, 11) is 0. The fourth-order valence-corrected chi connectivity index (χ4v) is 3.02. The number of rotatable bonds is 4. The van der Waals surface area contributed by atoms with Gasteiger partial charge in [0.25, 0.3) is 0 Å². The van der Waals surface area contributed by atoms with E-state index in [1.165, 1.54) is 0 Å². The molecule has 2 aromatic rings. The van der Waals surface area contributed by atoms with Crippen LogP contribution >= 0.6 is 11.6 Å². The lowest BCUT2D eigenvalue weighted by atomic mass is 9.97. The highest BCUT2D eigenvalue weighted by Gasteiger charge is 2.26. The minimum atomic E-state index is -0.0340. The second-order valence-electron chi connectivity index (χ2n) is 5.66. The molecule has 0 unspecified atom stereocenters. The summed E-state index contributed by atoms with van der Waals surface area (Å²) >= 11 is 6.12. The second kappa shape index (κ2) is 7.42. The van der Waals surface area contributed by atoms with Gasteiger partial charge in [-0.05, 0) is 24.5 Å². The van der Waals surface area contributed by atoms with Crippen molar-refractivity contribution >= 4 is 23.3 Å². The van der Waals surface area contributed by atoms with Crippen LogP contribution in [0.4, 0.5) is 5.82 Å². The first-order chi connectivity index (χ1) is 11.2. The van der Waals surface area contributed by atoms with Gasteiger partial charge in [-0.3, -0.25) is 9.78 Å². The molecule has 0 spiro atoms. The minimum absolute atomic E-state index is 0.0340. The fraction of sp³-hybridized carbons (Fsp3) is 0.353. The van der Waals surface area contributed by atoms with Gasteiger partial charge >= 0.3 is 0 Å². The highest BCUT2D eigenvalue weighted by atomic mass is 35.5. The molecule has 23 heavy (non-hydrogen) atoms. The van der Waals surface area contributed by atoms with Crippen molar-refractivity contribution < 1.29 is 4.79 Å². The van der Waals surface area contributed by atoms with Crippen LogP contribution in [0.5, 0.6) is 0 Å². The lowest BCUT2D eigenvalue weighted by molar-refractivity contribution is -0.125. The smallest absolute Gasteiger partial charge is 0.225 e. The molecule has 1 N–H and O–H groups in total. The molecule has 0 saturated carbocycles. The molecular weight excluding hydrogens is 312 g/mol. The third-order valence-electron chi connectivity index (χ3n) is 4.08. The van der Waals surface area contributed by atoms with Crippen molar-refractivity contribution in [3.63, 3.8) is 0 Å². The Morgan fingerprint density at radius 1 is 1.35 bits per heavy atom. The Morgan fingerprint density at radius 2 is 2.22 bits per heavy atom. The summed E-state index contributed by atoms with van der Waals surface area (Å²) in [5.74, 6) is 0.864. The second-order valence-corrected chi connectivity index (χ2v) is 6.07. The first-order valence-electron chi connectivity index (χ1n) is 7.76.